The number of H-pyrrole nitrogens is 1. The Morgan fingerprint density at radius 2 is 1.67 bits per heavy atom. The third-order valence-electron chi connectivity index (χ3n) is 4.79. The van der Waals surface area contributed by atoms with E-state index in [1.807, 2.05) is 30.3 Å². The number of ether oxygens (including phenoxy) is 1. The normalized spacial score (nSPS) is 11.9. The molecule has 0 aliphatic heterocycles. The SMILES string of the molecule is O=C(Cc1ccc(Cl)cc1Cl)O[C@@H](C(=O)c1c[nH]c2ccccc12)c1ccccc1. The van der Waals surface area contributed by atoms with Crippen molar-refractivity contribution in [2.75, 3.05) is 0 Å². The van der Waals surface area contributed by atoms with Crippen LogP contribution in [0.5, 0.6) is 0 Å². The van der Waals surface area contributed by atoms with Gasteiger partial charge in [0.25, 0.3) is 0 Å². The summed E-state index contributed by atoms with van der Waals surface area (Å²) in [5.74, 6) is -0.851. The number of aromatic nitrogens is 1. The predicted octanol–water partition coefficient (Wildman–Crippen LogP) is 6.18. The van der Waals surface area contributed by atoms with Crippen LogP contribution in [-0.2, 0) is 16.0 Å². The summed E-state index contributed by atoms with van der Waals surface area (Å²) in [6.07, 6.45) is 0.511. The van der Waals surface area contributed by atoms with Crippen LogP contribution in [-0.4, -0.2) is 16.7 Å². The van der Waals surface area contributed by atoms with Crippen molar-refractivity contribution in [3.05, 3.63) is 106 Å². The fraction of sp³-hybridized carbons (Fsp3) is 0.0833. The zero-order chi connectivity index (χ0) is 21.1. The first-order chi connectivity index (χ1) is 14.5. The molecular formula is C24H17Cl2NO3. The molecule has 0 unspecified atom stereocenters. The third-order valence-corrected chi connectivity index (χ3v) is 5.38. The van der Waals surface area contributed by atoms with E-state index in [2.05, 4.69) is 4.98 Å². The van der Waals surface area contributed by atoms with Crippen molar-refractivity contribution in [2.24, 2.45) is 0 Å². The number of esters is 1. The molecule has 3 aromatic carbocycles. The fourth-order valence-electron chi connectivity index (χ4n) is 3.31. The number of carbonyl (C=O) groups excluding carboxylic acids is 2. The number of hydrogen-bond acceptors (Lipinski definition) is 3. The molecule has 4 aromatic rings. The molecule has 4 nitrogen and oxygen atoms in total. The number of ketones is 1. The Hall–Kier alpha value is -3.08. The summed E-state index contributed by atoms with van der Waals surface area (Å²) in [6, 6.07) is 21.4. The van der Waals surface area contributed by atoms with Gasteiger partial charge in [0, 0.05) is 38.3 Å². The molecule has 0 saturated carbocycles. The lowest BCUT2D eigenvalue weighted by Crippen LogP contribution is -2.21. The summed E-state index contributed by atoms with van der Waals surface area (Å²) in [4.78, 5) is 29.2. The van der Waals surface area contributed by atoms with Crippen LogP contribution in [0.3, 0.4) is 0 Å². The Morgan fingerprint density at radius 1 is 0.933 bits per heavy atom. The number of aromatic amines is 1. The van der Waals surface area contributed by atoms with E-state index in [1.54, 1.807) is 48.7 Å². The van der Waals surface area contributed by atoms with Crippen molar-refractivity contribution in [2.45, 2.75) is 12.5 Å². The molecule has 0 fully saturated rings. The Morgan fingerprint density at radius 3 is 2.43 bits per heavy atom. The van der Waals surface area contributed by atoms with Gasteiger partial charge < -0.3 is 9.72 Å². The van der Waals surface area contributed by atoms with Gasteiger partial charge in [0.05, 0.1) is 6.42 Å². The maximum atomic E-state index is 13.4. The number of rotatable bonds is 6. The molecule has 1 heterocycles. The standard InChI is InChI=1S/C24H17Cl2NO3/c25-17-11-10-16(20(26)13-17)12-22(28)30-24(15-6-2-1-3-7-15)23(29)19-14-27-21-9-5-4-8-18(19)21/h1-11,13-14,24,27H,12H2/t24-/m1/s1. The largest absolute Gasteiger partial charge is 0.449 e. The fourth-order valence-corrected chi connectivity index (χ4v) is 3.79. The first-order valence-electron chi connectivity index (χ1n) is 9.31. The number of benzene rings is 3. The number of Topliss-reactive ketones (excluding diaryl/α,β-unsaturated/α-hetero) is 1. The first kappa shape index (κ1) is 20.2. The van der Waals surface area contributed by atoms with Gasteiger partial charge in [-0.1, -0.05) is 77.8 Å². The van der Waals surface area contributed by atoms with Crippen molar-refractivity contribution in [1.29, 1.82) is 0 Å². The van der Waals surface area contributed by atoms with Gasteiger partial charge in [-0.3, -0.25) is 9.59 Å². The summed E-state index contributed by atoms with van der Waals surface area (Å²) >= 11 is 12.1. The molecule has 1 atom stereocenters. The highest BCUT2D eigenvalue weighted by Crippen LogP contribution is 2.28. The van der Waals surface area contributed by atoms with E-state index >= 15 is 0 Å². The minimum Gasteiger partial charge on any atom is -0.449 e. The second-order valence-corrected chi connectivity index (χ2v) is 7.65. The Kier molecular flexibility index (Phi) is 5.88. The van der Waals surface area contributed by atoms with Crippen LogP contribution >= 0.6 is 23.2 Å². The minimum absolute atomic E-state index is 0.0689. The van der Waals surface area contributed by atoms with Crippen LogP contribution in [0.15, 0.2) is 79.0 Å². The van der Waals surface area contributed by atoms with Gasteiger partial charge in [0.15, 0.2) is 6.10 Å². The van der Waals surface area contributed by atoms with E-state index in [0.29, 0.717) is 26.7 Å². The van der Waals surface area contributed by atoms with Gasteiger partial charge in [0.1, 0.15) is 0 Å². The monoisotopic (exact) mass is 437 g/mol. The highest BCUT2D eigenvalue weighted by molar-refractivity contribution is 6.35. The zero-order valence-corrected chi connectivity index (χ0v) is 17.3. The predicted molar refractivity (Wildman–Crippen MR) is 118 cm³/mol. The number of halogens is 2. The zero-order valence-electron chi connectivity index (χ0n) is 15.8. The topological polar surface area (TPSA) is 59.2 Å². The van der Waals surface area contributed by atoms with Crippen molar-refractivity contribution in [1.82, 2.24) is 4.98 Å². The summed E-state index contributed by atoms with van der Waals surface area (Å²) in [5, 5.41) is 1.63. The van der Waals surface area contributed by atoms with Crippen LogP contribution < -0.4 is 0 Å². The van der Waals surface area contributed by atoms with Crippen molar-refractivity contribution in [3.63, 3.8) is 0 Å². The number of nitrogens with one attached hydrogen (secondary N) is 1. The van der Waals surface area contributed by atoms with Crippen LogP contribution in [0.1, 0.15) is 27.6 Å². The van der Waals surface area contributed by atoms with Gasteiger partial charge in [-0.05, 0) is 23.8 Å². The summed E-state index contributed by atoms with van der Waals surface area (Å²) < 4.78 is 5.67. The molecular weight excluding hydrogens is 421 g/mol. The summed E-state index contributed by atoms with van der Waals surface area (Å²) in [5.41, 5.74) is 2.49. The lowest BCUT2D eigenvalue weighted by molar-refractivity contribution is -0.146. The molecule has 150 valence electrons. The molecule has 0 radical (unpaired) electrons. The van der Waals surface area contributed by atoms with Crippen LogP contribution in [0.4, 0.5) is 0 Å². The smallest absolute Gasteiger partial charge is 0.311 e. The second-order valence-electron chi connectivity index (χ2n) is 6.81. The molecule has 0 amide bonds. The third kappa shape index (κ3) is 4.25. The molecule has 1 N–H and O–H groups in total. The number of fused-ring (bicyclic) bond motifs is 1. The number of hydrogen-bond donors (Lipinski definition) is 1. The quantitative estimate of drug-likeness (QED) is 0.289. The molecule has 0 saturated heterocycles. The minimum atomic E-state index is -1.07. The van der Waals surface area contributed by atoms with E-state index < -0.39 is 12.1 Å². The lowest BCUT2D eigenvalue weighted by Gasteiger charge is -2.17. The highest BCUT2D eigenvalue weighted by Gasteiger charge is 2.28. The molecule has 0 spiro atoms. The average Bonchev–Trinajstić information content (AvgIpc) is 3.18. The summed E-state index contributed by atoms with van der Waals surface area (Å²) in [7, 11) is 0. The van der Waals surface area contributed by atoms with Crippen molar-refractivity contribution in [3.8, 4) is 0 Å². The molecule has 4 rings (SSSR count). The van der Waals surface area contributed by atoms with Crippen LogP contribution in [0.2, 0.25) is 10.0 Å². The van der Waals surface area contributed by atoms with Gasteiger partial charge in [-0.25, -0.2) is 0 Å². The maximum Gasteiger partial charge on any atom is 0.311 e. The summed E-state index contributed by atoms with van der Waals surface area (Å²) in [6.45, 7) is 0. The average molecular weight is 438 g/mol. The highest BCUT2D eigenvalue weighted by atomic mass is 35.5. The van der Waals surface area contributed by atoms with Crippen LogP contribution in [0, 0.1) is 0 Å². The molecule has 30 heavy (non-hydrogen) atoms. The molecule has 0 aliphatic carbocycles. The van der Waals surface area contributed by atoms with E-state index in [0.717, 1.165) is 10.9 Å². The maximum absolute atomic E-state index is 13.4. The van der Waals surface area contributed by atoms with E-state index in [4.69, 9.17) is 27.9 Å². The van der Waals surface area contributed by atoms with Crippen molar-refractivity contribution >= 4 is 45.9 Å². The molecule has 1 aromatic heterocycles. The van der Waals surface area contributed by atoms with Crippen LogP contribution in [0.25, 0.3) is 10.9 Å². The number of carbonyl (C=O) groups is 2. The second kappa shape index (κ2) is 8.74. The van der Waals surface area contributed by atoms with E-state index in [-0.39, 0.29) is 12.2 Å². The van der Waals surface area contributed by atoms with Gasteiger partial charge in [-0.15, -0.1) is 0 Å². The Balaban J connectivity index is 1.63. The van der Waals surface area contributed by atoms with Gasteiger partial charge >= 0.3 is 5.97 Å². The molecule has 0 bridgehead atoms. The molecule has 6 heteroatoms. The number of para-hydroxylation sites is 1. The van der Waals surface area contributed by atoms with Gasteiger partial charge in [0.2, 0.25) is 5.78 Å². The lowest BCUT2D eigenvalue weighted by atomic mass is 9.99. The van der Waals surface area contributed by atoms with E-state index in [1.165, 1.54) is 0 Å². The first-order valence-corrected chi connectivity index (χ1v) is 10.1. The van der Waals surface area contributed by atoms with Gasteiger partial charge in [-0.2, -0.15) is 0 Å². The van der Waals surface area contributed by atoms with Crippen molar-refractivity contribution < 1.29 is 14.3 Å². The Bertz CT molecular complexity index is 1220. The Labute approximate surface area is 183 Å². The van der Waals surface area contributed by atoms with E-state index in [9.17, 15) is 9.59 Å². The molecule has 0 aliphatic rings.